The van der Waals surface area contributed by atoms with E-state index in [4.69, 9.17) is 4.98 Å². The predicted octanol–water partition coefficient (Wildman–Crippen LogP) is 5.26. The number of benzene rings is 1. The highest BCUT2D eigenvalue weighted by Gasteiger charge is 2.26. The molecule has 0 unspecified atom stereocenters. The lowest BCUT2D eigenvalue weighted by Gasteiger charge is -2.28. The minimum Gasteiger partial charge on any atom is -0.339 e. The highest BCUT2D eigenvalue weighted by Crippen LogP contribution is 2.32. The summed E-state index contributed by atoms with van der Waals surface area (Å²) in [5, 5.41) is 6.67. The molecule has 0 bridgehead atoms. The van der Waals surface area contributed by atoms with Gasteiger partial charge < -0.3 is 14.8 Å². The maximum Gasteiger partial charge on any atom is 0.259 e. The number of amides is 2. The van der Waals surface area contributed by atoms with E-state index in [9.17, 15) is 9.59 Å². The molecule has 4 rings (SSSR count). The number of carbonyl (C=O) groups is 2. The van der Waals surface area contributed by atoms with E-state index in [0.717, 1.165) is 48.1 Å². The second-order valence-electron chi connectivity index (χ2n) is 11.4. The topological polar surface area (TPSA) is 92.2 Å². The Morgan fingerprint density at radius 3 is 2.66 bits per heavy atom. The number of aromatic nitrogens is 3. The lowest BCUT2D eigenvalue weighted by atomic mass is 9.88. The molecule has 0 aliphatic carbocycles. The summed E-state index contributed by atoms with van der Waals surface area (Å²) in [6.07, 6.45) is 5.48. The Morgan fingerprint density at radius 2 is 1.97 bits per heavy atom. The van der Waals surface area contributed by atoms with Gasteiger partial charge in [0.2, 0.25) is 11.9 Å². The summed E-state index contributed by atoms with van der Waals surface area (Å²) in [7, 11) is 0. The first-order chi connectivity index (χ1) is 18.1. The lowest BCUT2D eigenvalue weighted by molar-refractivity contribution is -0.125. The molecule has 1 aliphatic heterocycles. The molecule has 2 atom stereocenters. The molecule has 0 saturated carbocycles. The molecule has 8 nitrogen and oxygen atoms in total. The van der Waals surface area contributed by atoms with Crippen LogP contribution in [0.5, 0.6) is 0 Å². The number of rotatable bonds is 7. The third-order valence-electron chi connectivity index (χ3n) is 7.61. The van der Waals surface area contributed by atoms with Crippen molar-refractivity contribution in [3.8, 4) is 0 Å². The summed E-state index contributed by atoms with van der Waals surface area (Å²) >= 11 is 0. The fraction of sp³-hybridized carbons (Fsp3) is 0.467. The first-order valence-electron chi connectivity index (χ1n) is 13.5. The van der Waals surface area contributed by atoms with Crippen molar-refractivity contribution in [1.82, 2.24) is 24.8 Å². The first-order valence-corrected chi connectivity index (χ1v) is 13.5. The van der Waals surface area contributed by atoms with Crippen molar-refractivity contribution in [1.29, 1.82) is 0 Å². The molecule has 3 heterocycles. The molecule has 1 fully saturated rings. The van der Waals surface area contributed by atoms with Crippen LogP contribution in [0.1, 0.15) is 74.6 Å². The van der Waals surface area contributed by atoms with Gasteiger partial charge in [0, 0.05) is 43.6 Å². The Balaban J connectivity index is 1.66. The molecule has 3 aromatic rings. The SMILES string of the molecule is C=CC(=O)N1CCC[C@@H](n2c(NC(=O)c3ccc(C)nc3)nc3cc(CN[C@@H](C)C(C)(C)C)ccc32)CC1. The number of aryl methyl sites for hydroxylation is 1. The van der Waals surface area contributed by atoms with Gasteiger partial charge in [-0.25, -0.2) is 4.98 Å². The zero-order valence-corrected chi connectivity index (χ0v) is 23.3. The zero-order chi connectivity index (χ0) is 27.4. The molecule has 2 amide bonds. The van der Waals surface area contributed by atoms with Crippen molar-refractivity contribution in [3.63, 3.8) is 0 Å². The third kappa shape index (κ3) is 6.30. The molecular weight excluding hydrogens is 476 g/mol. The van der Waals surface area contributed by atoms with Gasteiger partial charge in [-0.1, -0.05) is 33.4 Å². The third-order valence-corrected chi connectivity index (χ3v) is 7.61. The summed E-state index contributed by atoms with van der Waals surface area (Å²) in [5.74, 6) is 0.238. The largest absolute Gasteiger partial charge is 0.339 e. The molecule has 0 spiro atoms. The van der Waals surface area contributed by atoms with Crippen LogP contribution in [0, 0.1) is 12.3 Å². The van der Waals surface area contributed by atoms with Gasteiger partial charge in [-0.3, -0.25) is 19.9 Å². The van der Waals surface area contributed by atoms with E-state index in [-0.39, 0.29) is 23.3 Å². The first kappa shape index (κ1) is 27.5. The number of pyridine rings is 1. The molecule has 38 heavy (non-hydrogen) atoms. The van der Waals surface area contributed by atoms with Gasteiger partial charge >= 0.3 is 0 Å². The minimum atomic E-state index is -0.243. The Kier molecular flexibility index (Phi) is 8.31. The smallest absolute Gasteiger partial charge is 0.259 e. The van der Waals surface area contributed by atoms with Crippen molar-refractivity contribution in [3.05, 3.63) is 66.0 Å². The van der Waals surface area contributed by atoms with Crippen LogP contribution in [0.2, 0.25) is 0 Å². The normalized spacial score (nSPS) is 17.2. The molecule has 1 aliphatic rings. The van der Waals surface area contributed by atoms with E-state index < -0.39 is 0 Å². The number of nitrogens with one attached hydrogen (secondary N) is 2. The Hall–Kier alpha value is -3.52. The highest BCUT2D eigenvalue weighted by atomic mass is 16.2. The summed E-state index contributed by atoms with van der Waals surface area (Å²) < 4.78 is 2.14. The maximum atomic E-state index is 13.1. The van der Waals surface area contributed by atoms with E-state index in [1.54, 1.807) is 12.3 Å². The van der Waals surface area contributed by atoms with E-state index >= 15 is 0 Å². The van der Waals surface area contributed by atoms with E-state index in [1.165, 1.54) is 6.08 Å². The number of fused-ring (bicyclic) bond motifs is 1. The molecule has 2 aromatic heterocycles. The number of hydrogen-bond donors (Lipinski definition) is 2. The molecule has 1 aromatic carbocycles. The van der Waals surface area contributed by atoms with Gasteiger partial charge in [0.15, 0.2) is 0 Å². The molecule has 1 saturated heterocycles. The number of anilines is 1. The molecule has 0 radical (unpaired) electrons. The number of hydrogen-bond acceptors (Lipinski definition) is 5. The van der Waals surface area contributed by atoms with Gasteiger partial charge in [0.05, 0.1) is 16.6 Å². The summed E-state index contributed by atoms with van der Waals surface area (Å²) in [6.45, 7) is 16.5. The van der Waals surface area contributed by atoms with Gasteiger partial charge in [0.25, 0.3) is 5.91 Å². The second kappa shape index (κ2) is 11.5. The number of likely N-dealkylation sites (tertiary alicyclic amines) is 1. The van der Waals surface area contributed by atoms with Crippen molar-refractivity contribution >= 4 is 28.8 Å². The van der Waals surface area contributed by atoms with Gasteiger partial charge in [0.1, 0.15) is 0 Å². The fourth-order valence-corrected chi connectivity index (χ4v) is 4.75. The average molecular weight is 517 g/mol. The van der Waals surface area contributed by atoms with Gasteiger partial charge in [-0.15, -0.1) is 0 Å². The lowest BCUT2D eigenvalue weighted by Crippen LogP contribution is -2.37. The van der Waals surface area contributed by atoms with Crippen molar-refractivity contribution < 1.29 is 9.59 Å². The van der Waals surface area contributed by atoms with Crippen LogP contribution in [-0.4, -0.2) is 50.4 Å². The Morgan fingerprint density at radius 1 is 1.18 bits per heavy atom. The van der Waals surface area contributed by atoms with E-state index in [0.29, 0.717) is 30.6 Å². The highest BCUT2D eigenvalue weighted by molar-refractivity contribution is 6.04. The zero-order valence-electron chi connectivity index (χ0n) is 23.3. The quantitative estimate of drug-likeness (QED) is 0.418. The summed E-state index contributed by atoms with van der Waals surface area (Å²) in [4.78, 5) is 36.4. The molecule has 2 N–H and O–H groups in total. The second-order valence-corrected chi connectivity index (χ2v) is 11.4. The van der Waals surface area contributed by atoms with Crippen molar-refractivity contribution in [2.24, 2.45) is 5.41 Å². The predicted molar refractivity (Wildman–Crippen MR) is 152 cm³/mol. The number of imidazole rings is 1. The average Bonchev–Trinajstić information content (AvgIpc) is 3.05. The van der Waals surface area contributed by atoms with Gasteiger partial charge in [-0.05, 0) is 74.4 Å². The van der Waals surface area contributed by atoms with Crippen LogP contribution in [0.3, 0.4) is 0 Å². The fourth-order valence-electron chi connectivity index (χ4n) is 4.75. The van der Waals surface area contributed by atoms with Crippen LogP contribution in [0.25, 0.3) is 11.0 Å². The van der Waals surface area contributed by atoms with Crippen molar-refractivity contribution in [2.45, 2.75) is 72.5 Å². The van der Waals surface area contributed by atoms with Crippen LogP contribution in [-0.2, 0) is 11.3 Å². The van der Waals surface area contributed by atoms with Crippen LogP contribution in [0.15, 0.2) is 49.2 Å². The standard InChI is InChI=1S/C30H40N6O2/c1-7-27(37)35-15-8-9-24(14-16-35)36-26-13-11-22(18-32-21(3)30(4,5)6)17-25(26)33-29(36)34-28(38)23-12-10-20(2)31-19-23/h7,10-13,17,19,21,24,32H,1,8-9,14-16,18H2,2-6H3,(H,33,34,38)/t21-,24+/m0/s1. The van der Waals surface area contributed by atoms with E-state index in [2.05, 4.69) is 72.7 Å². The Labute approximate surface area is 225 Å². The number of carbonyl (C=O) groups excluding carboxylic acids is 2. The van der Waals surface area contributed by atoms with E-state index in [1.807, 2.05) is 17.9 Å². The number of nitrogens with zero attached hydrogens (tertiary/aromatic N) is 4. The van der Waals surface area contributed by atoms with Crippen LogP contribution in [0.4, 0.5) is 5.95 Å². The maximum absolute atomic E-state index is 13.1. The minimum absolute atomic E-state index is 0.0387. The monoisotopic (exact) mass is 516 g/mol. The molecule has 202 valence electrons. The molecule has 8 heteroatoms. The van der Waals surface area contributed by atoms with Crippen LogP contribution < -0.4 is 10.6 Å². The Bertz CT molecular complexity index is 1300. The summed E-state index contributed by atoms with van der Waals surface area (Å²) in [6, 6.07) is 10.4. The summed E-state index contributed by atoms with van der Waals surface area (Å²) in [5.41, 5.74) is 4.46. The molecular formula is C30H40N6O2. The van der Waals surface area contributed by atoms with Crippen LogP contribution >= 0.6 is 0 Å². The van der Waals surface area contributed by atoms with Crippen molar-refractivity contribution in [2.75, 3.05) is 18.4 Å². The van der Waals surface area contributed by atoms with Gasteiger partial charge in [-0.2, -0.15) is 0 Å².